The van der Waals surface area contributed by atoms with Crippen molar-refractivity contribution in [2.24, 2.45) is 0 Å². The molecule has 1 aromatic carbocycles. The first-order chi connectivity index (χ1) is 9.94. The SMILES string of the molecule is COc1c(Br)cc(Cl)cc1S(=O)(=O)NCCCNC1CC1. The number of ether oxygens (including phenoxy) is 1. The van der Waals surface area contributed by atoms with Crippen molar-refractivity contribution in [2.45, 2.75) is 30.2 Å². The van der Waals surface area contributed by atoms with E-state index >= 15 is 0 Å². The Hall–Kier alpha value is -0.340. The van der Waals surface area contributed by atoms with Gasteiger partial charge in [0.1, 0.15) is 4.90 Å². The molecule has 0 amide bonds. The van der Waals surface area contributed by atoms with Gasteiger partial charge in [0, 0.05) is 17.6 Å². The molecule has 1 fully saturated rings. The molecule has 0 spiro atoms. The summed E-state index contributed by atoms with van der Waals surface area (Å²) in [5.41, 5.74) is 0. The molecule has 118 valence electrons. The van der Waals surface area contributed by atoms with Crippen molar-refractivity contribution in [1.29, 1.82) is 0 Å². The molecule has 0 bridgehead atoms. The quantitative estimate of drug-likeness (QED) is 0.662. The Morgan fingerprint density at radius 1 is 1.38 bits per heavy atom. The summed E-state index contributed by atoms with van der Waals surface area (Å²) in [6, 6.07) is 3.61. The number of rotatable bonds is 8. The highest BCUT2D eigenvalue weighted by Gasteiger charge is 2.22. The van der Waals surface area contributed by atoms with Crippen molar-refractivity contribution in [1.82, 2.24) is 10.0 Å². The van der Waals surface area contributed by atoms with E-state index in [0.29, 0.717) is 22.1 Å². The molecule has 21 heavy (non-hydrogen) atoms. The fourth-order valence-electron chi connectivity index (χ4n) is 1.90. The van der Waals surface area contributed by atoms with Crippen LogP contribution in [-0.4, -0.2) is 34.7 Å². The zero-order valence-electron chi connectivity index (χ0n) is 11.7. The summed E-state index contributed by atoms with van der Waals surface area (Å²) in [6.45, 7) is 1.18. The lowest BCUT2D eigenvalue weighted by Gasteiger charge is -2.13. The largest absolute Gasteiger partial charge is 0.494 e. The number of methoxy groups -OCH3 is 1. The molecule has 0 heterocycles. The maximum Gasteiger partial charge on any atom is 0.244 e. The Morgan fingerprint density at radius 3 is 2.71 bits per heavy atom. The third-order valence-corrected chi connectivity index (χ3v) is 5.40. The first-order valence-electron chi connectivity index (χ1n) is 6.70. The summed E-state index contributed by atoms with van der Waals surface area (Å²) in [6.07, 6.45) is 3.18. The molecule has 0 radical (unpaired) electrons. The van der Waals surface area contributed by atoms with Gasteiger partial charge in [-0.05, 0) is 53.9 Å². The van der Waals surface area contributed by atoms with Crippen LogP contribution in [0.1, 0.15) is 19.3 Å². The van der Waals surface area contributed by atoms with Gasteiger partial charge in [0.15, 0.2) is 5.75 Å². The van der Waals surface area contributed by atoms with Crippen molar-refractivity contribution in [2.75, 3.05) is 20.2 Å². The zero-order chi connectivity index (χ0) is 15.5. The normalized spacial score (nSPS) is 15.2. The van der Waals surface area contributed by atoms with E-state index in [0.717, 1.165) is 13.0 Å². The van der Waals surface area contributed by atoms with Crippen molar-refractivity contribution in [3.05, 3.63) is 21.6 Å². The van der Waals surface area contributed by atoms with E-state index in [1.165, 1.54) is 26.0 Å². The van der Waals surface area contributed by atoms with Crippen molar-refractivity contribution in [3.8, 4) is 5.75 Å². The smallest absolute Gasteiger partial charge is 0.244 e. The van der Waals surface area contributed by atoms with Crippen LogP contribution in [0.25, 0.3) is 0 Å². The monoisotopic (exact) mass is 396 g/mol. The van der Waals surface area contributed by atoms with Gasteiger partial charge in [0.05, 0.1) is 11.6 Å². The first kappa shape index (κ1) is 17.0. The standard InChI is InChI=1S/C13H18BrClN2O3S/c1-20-13-11(14)7-9(15)8-12(13)21(18,19)17-6-2-5-16-10-3-4-10/h7-8,10,16-17H,2-6H2,1H3. The second-order valence-corrected chi connectivity index (χ2v) is 7.92. The van der Waals surface area contributed by atoms with Gasteiger partial charge in [-0.1, -0.05) is 11.6 Å². The molecule has 0 aliphatic heterocycles. The van der Waals surface area contributed by atoms with Gasteiger partial charge in [-0.15, -0.1) is 0 Å². The van der Waals surface area contributed by atoms with E-state index in [1.807, 2.05) is 0 Å². The molecule has 5 nitrogen and oxygen atoms in total. The zero-order valence-corrected chi connectivity index (χ0v) is 14.8. The molecule has 0 atom stereocenters. The number of hydrogen-bond acceptors (Lipinski definition) is 4. The van der Waals surface area contributed by atoms with Gasteiger partial charge in [-0.3, -0.25) is 0 Å². The molecule has 2 rings (SSSR count). The molecule has 2 N–H and O–H groups in total. The minimum absolute atomic E-state index is 0.0412. The molecule has 1 aliphatic carbocycles. The Morgan fingerprint density at radius 2 is 2.10 bits per heavy atom. The van der Waals surface area contributed by atoms with E-state index in [1.54, 1.807) is 6.07 Å². The van der Waals surface area contributed by atoms with Gasteiger partial charge < -0.3 is 10.1 Å². The van der Waals surface area contributed by atoms with Crippen molar-refractivity contribution in [3.63, 3.8) is 0 Å². The van der Waals surface area contributed by atoms with Crippen molar-refractivity contribution >= 4 is 37.6 Å². The number of benzene rings is 1. The molecule has 1 saturated carbocycles. The fraction of sp³-hybridized carbons (Fsp3) is 0.538. The van der Waals surface area contributed by atoms with E-state index in [9.17, 15) is 8.42 Å². The lowest BCUT2D eigenvalue weighted by molar-refractivity contribution is 0.399. The average molecular weight is 398 g/mol. The molecule has 0 saturated heterocycles. The lowest BCUT2D eigenvalue weighted by Crippen LogP contribution is -2.28. The minimum Gasteiger partial charge on any atom is -0.494 e. The van der Waals surface area contributed by atoms with E-state index < -0.39 is 10.0 Å². The summed E-state index contributed by atoms with van der Waals surface area (Å²) in [4.78, 5) is 0.0412. The number of hydrogen-bond donors (Lipinski definition) is 2. The maximum atomic E-state index is 12.3. The Balaban J connectivity index is 2.00. The maximum absolute atomic E-state index is 12.3. The van der Waals surface area contributed by atoms with Crippen molar-refractivity contribution < 1.29 is 13.2 Å². The number of sulfonamides is 1. The van der Waals surface area contributed by atoms with Gasteiger partial charge in [-0.2, -0.15) is 0 Å². The second-order valence-electron chi connectivity index (χ2n) is 4.90. The summed E-state index contributed by atoms with van der Waals surface area (Å²) < 4.78 is 32.9. The summed E-state index contributed by atoms with van der Waals surface area (Å²) in [5, 5.41) is 3.67. The molecule has 0 aromatic heterocycles. The van der Waals surface area contributed by atoms with Crippen LogP contribution in [0.5, 0.6) is 5.75 Å². The van der Waals surface area contributed by atoms with Crippen LogP contribution in [0.3, 0.4) is 0 Å². The van der Waals surface area contributed by atoms with Crippen LogP contribution in [0.4, 0.5) is 0 Å². The third kappa shape index (κ3) is 4.82. The van der Waals surface area contributed by atoms with Gasteiger partial charge in [0.25, 0.3) is 0 Å². The van der Waals surface area contributed by atoms with Crippen LogP contribution < -0.4 is 14.8 Å². The second kappa shape index (κ2) is 7.28. The topological polar surface area (TPSA) is 67.4 Å². The van der Waals surface area contributed by atoms with E-state index in [2.05, 4.69) is 26.0 Å². The lowest BCUT2D eigenvalue weighted by atomic mass is 10.3. The van der Waals surface area contributed by atoms with E-state index in [-0.39, 0.29) is 10.6 Å². The molecule has 1 aliphatic rings. The Bertz CT molecular complexity index is 606. The highest BCUT2D eigenvalue weighted by Crippen LogP contribution is 2.35. The number of halogens is 2. The summed E-state index contributed by atoms with van der Waals surface area (Å²) >= 11 is 9.18. The van der Waals surface area contributed by atoms with E-state index in [4.69, 9.17) is 16.3 Å². The minimum atomic E-state index is -3.65. The predicted octanol–water partition coefficient (Wildman–Crippen LogP) is 2.53. The Kier molecular flexibility index (Phi) is 5.90. The predicted molar refractivity (Wildman–Crippen MR) is 86.5 cm³/mol. The molecule has 8 heteroatoms. The van der Waals surface area contributed by atoms with Crippen LogP contribution in [0.2, 0.25) is 5.02 Å². The van der Waals surface area contributed by atoms with Crippen LogP contribution in [-0.2, 0) is 10.0 Å². The van der Waals surface area contributed by atoms with Gasteiger partial charge >= 0.3 is 0 Å². The number of nitrogens with one attached hydrogen (secondary N) is 2. The molecule has 0 unspecified atom stereocenters. The highest BCUT2D eigenvalue weighted by atomic mass is 79.9. The molecular formula is C13H18BrClN2O3S. The first-order valence-corrected chi connectivity index (χ1v) is 9.35. The molecular weight excluding hydrogens is 380 g/mol. The Labute approximate surface area is 138 Å². The van der Waals surface area contributed by atoms with Gasteiger partial charge in [-0.25, -0.2) is 13.1 Å². The third-order valence-electron chi connectivity index (χ3n) is 3.12. The average Bonchev–Trinajstić information content (AvgIpc) is 3.21. The van der Waals surface area contributed by atoms with Crippen LogP contribution in [0, 0.1) is 0 Å². The van der Waals surface area contributed by atoms with Gasteiger partial charge in [0.2, 0.25) is 10.0 Å². The fourth-order valence-corrected chi connectivity index (χ4v) is 4.36. The summed E-state index contributed by atoms with van der Waals surface area (Å²) in [7, 11) is -2.23. The highest BCUT2D eigenvalue weighted by molar-refractivity contribution is 9.10. The van der Waals surface area contributed by atoms with Crippen LogP contribution >= 0.6 is 27.5 Å². The van der Waals surface area contributed by atoms with Crippen LogP contribution in [0.15, 0.2) is 21.5 Å². The summed E-state index contributed by atoms with van der Waals surface area (Å²) in [5.74, 6) is 0.253. The molecule has 1 aromatic rings.